The first-order chi connectivity index (χ1) is 13.7. The number of hydrogen-bond donors (Lipinski definition) is 4. The van der Waals surface area contributed by atoms with Crippen LogP contribution in [-0.4, -0.2) is 25.3 Å². The molecule has 0 atom stereocenters. The molecule has 0 spiro atoms. The van der Waals surface area contributed by atoms with Crippen molar-refractivity contribution in [3.05, 3.63) is 72.1 Å². The Hall–Kier alpha value is -4.00. The minimum Gasteiger partial charge on any atom is -0.479 e. The Labute approximate surface area is 159 Å². The molecule has 0 amide bonds. The van der Waals surface area contributed by atoms with E-state index < -0.39 is 0 Å². The van der Waals surface area contributed by atoms with Crippen LogP contribution >= 0.6 is 0 Å². The van der Waals surface area contributed by atoms with Crippen molar-refractivity contribution in [3.63, 3.8) is 0 Å². The molecule has 0 saturated heterocycles. The second kappa shape index (κ2) is 6.31. The largest absolute Gasteiger partial charge is 0.479 e. The van der Waals surface area contributed by atoms with Gasteiger partial charge in [0.2, 0.25) is 5.89 Å². The molecule has 5 N–H and O–H groups in total. The fourth-order valence-electron chi connectivity index (χ4n) is 3.41. The maximum absolute atomic E-state index is 10.3. The molecule has 5 rings (SSSR count). The number of fused-ring (bicyclic) bond motifs is 1. The molecule has 0 aliphatic carbocycles. The van der Waals surface area contributed by atoms with E-state index in [1.54, 1.807) is 0 Å². The van der Waals surface area contributed by atoms with Crippen LogP contribution < -0.4 is 5.73 Å². The molecule has 7 heteroatoms. The van der Waals surface area contributed by atoms with Crippen molar-refractivity contribution in [2.24, 2.45) is 0 Å². The number of nitrogens with two attached hydrogens (primary N) is 1. The van der Waals surface area contributed by atoms with Crippen LogP contribution in [0.5, 0.6) is 5.95 Å². The van der Waals surface area contributed by atoms with Crippen LogP contribution in [0.1, 0.15) is 11.3 Å². The number of aromatic nitrogens is 4. The van der Waals surface area contributed by atoms with Crippen LogP contribution in [0.15, 0.2) is 65.2 Å². The van der Waals surface area contributed by atoms with Gasteiger partial charge in [-0.05, 0) is 11.6 Å². The van der Waals surface area contributed by atoms with E-state index in [4.69, 9.17) is 10.2 Å². The van der Waals surface area contributed by atoms with Gasteiger partial charge in [0.1, 0.15) is 11.3 Å². The molecule has 0 aliphatic rings. The highest BCUT2D eigenvalue weighted by Crippen LogP contribution is 2.37. The average Bonchev–Trinajstić information content (AvgIpc) is 3.41. The number of para-hydroxylation sites is 1. The summed E-state index contributed by atoms with van der Waals surface area (Å²) in [6.45, 7) is 0. The summed E-state index contributed by atoms with van der Waals surface area (Å²) in [4.78, 5) is 7.74. The Morgan fingerprint density at radius 3 is 2.68 bits per heavy atom. The minimum atomic E-state index is -0.222. The predicted molar refractivity (Wildman–Crippen MR) is 107 cm³/mol. The highest BCUT2D eigenvalue weighted by atomic mass is 16.5. The fraction of sp³-hybridized carbons (Fsp3) is 0.0476. The number of hydrogen-bond acceptors (Lipinski definition) is 5. The first-order valence-electron chi connectivity index (χ1n) is 8.84. The van der Waals surface area contributed by atoms with E-state index in [1.807, 2.05) is 60.8 Å². The van der Waals surface area contributed by atoms with Crippen LogP contribution in [0.3, 0.4) is 0 Å². The van der Waals surface area contributed by atoms with Gasteiger partial charge >= 0.3 is 5.95 Å². The van der Waals surface area contributed by atoms with E-state index >= 15 is 0 Å². The predicted octanol–water partition coefficient (Wildman–Crippen LogP) is 4.09. The van der Waals surface area contributed by atoms with Gasteiger partial charge in [0.25, 0.3) is 0 Å². The molecule has 7 nitrogen and oxygen atoms in total. The Morgan fingerprint density at radius 1 is 1.04 bits per heavy atom. The molecular weight excluding hydrogens is 354 g/mol. The topological polar surface area (TPSA) is 117 Å². The lowest BCUT2D eigenvalue weighted by molar-refractivity contribution is 0.333. The van der Waals surface area contributed by atoms with Crippen LogP contribution in [0.25, 0.3) is 33.6 Å². The number of nitrogens with zero attached hydrogens (tertiary/aromatic N) is 2. The van der Waals surface area contributed by atoms with Crippen molar-refractivity contribution in [2.45, 2.75) is 6.42 Å². The van der Waals surface area contributed by atoms with Gasteiger partial charge in [0, 0.05) is 29.1 Å². The zero-order chi connectivity index (χ0) is 19.1. The second-order valence-electron chi connectivity index (χ2n) is 6.53. The summed E-state index contributed by atoms with van der Waals surface area (Å²) in [7, 11) is 0. The number of benzene rings is 2. The highest BCUT2D eigenvalue weighted by Gasteiger charge is 2.23. The summed E-state index contributed by atoms with van der Waals surface area (Å²) in [6.07, 6.45) is 2.35. The Morgan fingerprint density at radius 2 is 1.82 bits per heavy atom. The summed E-state index contributed by atoms with van der Waals surface area (Å²) < 4.78 is 5.56. The number of anilines is 1. The summed E-state index contributed by atoms with van der Waals surface area (Å²) in [5, 5.41) is 18.4. The van der Waals surface area contributed by atoms with Gasteiger partial charge in [-0.1, -0.05) is 48.5 Å². The quantitative estimate of drug-likeness (QED) is 0.380. The molecular formula is C21H17N5O2. The number of H-pyrrole nitrogens is 2. The van der Waals surface area contributed by atoms with Gasteiger partial charge < -0.3 is 20.2 Å². The number of aromatic hydroxyl groups is 1. The second-order valence-corrected chi connectivity index (χ2v) is 6.53. The third-order valence-electron chi connectivity index (χ3n) is 4.78. The number of nitrogen functional groups attached to an aromatic ring is 1. The molecule has 3 aromatic heterocycles. The van der Waals surface area contributed by atoms with Crippen molar-refractivity contribution in [1.82, 2.24) is 20.2 Å². The third-order valence-corrected chi connectivity index (χ3v) is 4.78. The van der Waals surface area contributed by atoms with E-state index in [-0.39, 0.29) is 17.7 Å². The van der Waals surface area contributed by atoms with Crippen molar-refractivity contribution >= 4 is 16.7 Å². The van der Waals surface area contributed by atoms with Gasteiger partial charge in [0.15, 0.2) is 5.82 Å². The van der Waals surface area contributed by atoms with E-state index in [2.05, 4.69) is 20.2 Å². The molecule has 28 heavy (non-hydrogen) atoms. The normalized spacial score (nSPS) is 11.3. The van der Waals surface area contributed by atoms with Crippen LogP contribution in [0.4, 0.5) is 5.82 Å². The van der Waals surface area contributed by atoms with Crippen molar-refractivity contribution < 1.29 is 9.52 Å². The van der Waals surface area contributed by atoms with Gasteiger partial charge in [-0.25, -0.2) is 4.98 Å². The molecule has 0 aliphatic heterocycles. The molecule has 2 aromatic carbocycles. The molecule has 0 unspecified atom stereocenters. The van der Waals surface area contributed by atoms with Gasteiger partial charge in [0.05, 0.1) is 5.69 Å². The Balaban J connectivity index is 1.55. The molecule has 0 bridgehead atoms. The average molecular weight is 371 g/mol. The van der Waals surface area contributed by atoms with Gasteiger partial charge in [-0.2, -0.15) is 5.10 Å². The van der Waals surface area contributed by atoms with Crippen molar-refractivity contribution in [2.75, 3.05) is 5.73 Å². The zero-order valence-corrected chi connectivity index (χ0v) is 14.8. The Bertz CT molecular complexity index is 1270. The van der Waals surface area contributed by atoms with Crippen LogP contribution in [0, 0.1) is 0 Å². The van der Waals surface area contributed by atoms with Crippen molar-refractivity contribution in [3.8, 4) is 28.7 Å². The van der Waals surface area contributed by atoms with Crippen molar-refractivity contribution in [1.29, 1.82) is 0 Å². The minimum absolute atomic E-state index is 0.222. The summed E-state index contributed by atoms with van der Waals surface area (Å²) >= 11 is 0. The lowest BCUT2D eigenvalue weighted by Crippen LogP contribution is -1.91. The molecule has 138 valence electrons. The lowest BCUT2D eigenvalue weighted by Gasteiger charge is -2.00. The van der Waals surface area contributed by atoms with E-state index in [1.165, 1.54) is 0 Å². The number of aromatic amines is 2. The van der Waals surface area contributed by atoms with Crippen LogP contribution in [0.2, 0.25) is 0 Å². The fourth-order valence-corrected chi connectivity index (χ4v) is 3.41. The SMILES string of the molecule is Nc1n[nH]c(-c2ccccc2)c1-c1nc(Cc2c[nH]c3ccccc23)c(O)o1. The van der Waals surface area contributed by atoms with E-state index in [0.29, 0.717) is 23.4 Å². The molecule has 5 aromatic rings. The maximum Gasteiger partial charge on any atom is 0.306 e. The zero-order valence-electron chi connectivity index (χ0n) is 14.8. The molecule has 0 saturated carbocycles. The number of rotatable bonds is 4. The van der Waals surface area contributed by atoms with Gasteiger partial charge in [-0.15, -0.1) is 0 Å². The monoisotopic (exact) mass is 371 g/mol. The summed E-state index contributed by atoms with van der Waals surface area (Å²) in [6, 6.07) is 17.6. The van der Waals surface area contributed by atoms with Gasteiger partial charge in [-0.3, -0.25) is 5.10 Å². The first-order valence-corrected chi connectivity index (χ1v) is 8.84. The molecule has 0 radical (unpaired) electrons. The number of nitrogens with one attached hydrogen (secondary N) is 2. The third kappa shape index (κ3) is 2.61. The standard InChI is InChI=1S/C21H17N5O2/c22-19-17(18(25-26-19)12-6-2-1-3-7-12)20-24-16(21(27)28-20)10-13-11-23-15-9-5-4-8-14(13)15/h1-9,11,23,27H,10H2,(H3,22,25,26). The molecule has 3 heterocycles. The first kappa shape index (κ1) is 16.2. The summed E-state index contributed by atoms with van der Waals surface area (Å²) in [5.74, 6) is 0.274. The van der Waals surface area contributed by atoms with E-state index in [0.717, 1.165) is 22.0 Å². The Kier molecular flexibility index (Phi) is 3.65. The summed E-state index contributed by atoms with van der Waals surface area (Å²) in [5.41, 5.74) is 10.7. The maximum atomic E-state index is 10.3. The van der Waals surface area contributed by atoms with E-state index in [9.17, 15) is 5.11 Å². The van der Waals surface area contributed by atoms with Crippen LogP contribution in [-0.2, 0) is 6.42 Å². The number of oxazole rings is 1. The molecule has 0 fully saturated rings. The lowest BCUT2D eigenvalue weighted by atomic mass is 10.1. The highest BCUT2D eigenvalue weighted by molar-refractivity contribution is 5.85. The smallest absolute Gasteiger partial charge is 0.306 e.